The summed E-state index contributed by atoms with van der Waals surface area (Å²) in [6.45, 7) is 4.91. The molecule has 0 aromatic heterocycles. The Kier molecular flexibility index (Phi) is 4.84. The molecule has 1 aromatic rings. The van der Waals surface area contributed by atoms with Crippen molar-refractivity contribution in [3.63, 3.8) is 0 Å². The van der Waals surface area contributed by atoms with Gasteiger partial charge >= 0.3 is 5.97 Å². The average Bonchev–Trinajstić information content (AvgIpc) is 2.62. The number of nitrogens with one attached hydrogen (secondary N) is 1. The second kappa shape index (κ2) is 6.83. The van der Waals surface area contributed by atoms with E-state index in [0.717, 1.165) is 31.7 Å². The number of nitrogens with zero attached hydrogens (tertiary/aromatic N) is 1. The van der Waals surface area contributed by atoms with Crippen LogP contribution in [0.25, 0.3) is 0 Å². The molecule has 0 atom stereocenters. The molecule has 2 rings (SSSR count). The van der Waals surface area contributed by atoms with Gasteiger partial charge in [-0.15, -0.1) is 0 Å². The molecular formula is C15H20N2O2. The van der Waals surface area contributed by atoms with E-state index >= 15 is 0 Å². The zero-order chi connectivity index (χ0) is 13.5. The fourth-order valence-corrected chi connectivity index (χ4v) is 2.17. The van der Waals surface area contributed by atoms with Crippen molar-refractivity contribution in [2.45, 2.75) is 13.3 Å². The number of ether oxygens (including phenoxy) is 1. The molecule has 1 aliphatic rings. The number of carbonyl (C=O) groups is 1. The van der Waals surface area contributed by atoms with E-state index in [1.807, 2.05) is 25.1 Å². The maximum absolute atomic E-state index is 11.3. The molecule has 0 fully saturated rings. The summed E-state index contributed by atoms with van der Waals surface area (Å²) in [7, 11) is 0. The highest BCUT2D eigenvalue weighted by Gasteiger charge is 2.12. The van der Waals surface area contributed by atoms with Crippen LogP contribution in [0.3, 0.4) is 0 Å². The minimum Gasteiger partial charge on any atom is -0.463 e. The smallest absolute Gasteiger partial charge is 0.330 e. The normalized spacial score (nSPS) is 14.7. The van der Waals surface area contributed by atoms with Gasteiger partial charge in [-0.1, -0.05) is 18.2 Å². The van der Waals surface area contributed by atoms with Crippen molar-refractivity contribution in [1.82, 2.24) is 0 Å². The van der Waals surface area contributed by atoms with Crippen LogP contribution in [0.4, 0.5) is 11.4 Å². The van der Waals surface area contributed by atoms with Crippen molar-refractivity contribution < 1.29 is 9.53 Å². The van der Waals surface area contributed by atoms with Crippen molar-refractivity contribution in [3.8, 4) is 0 Å². The lowest BCUT2D eigenvalue weighted by molar-refractivity contribution is -0.137. The summed E-state index contributed by atoms with van der Waals surface area (Å²) in [6.07, 6.45) is 4.45. The SMILES string of the molecule is CCOC(=O)/C=C/CN1CCCNc2ccccc21. The Bertz CT molecular complexity index is 457. The number of fused-ring (bicyclic) bond motifs is 1. The Morgan fingerprint density at radius 3 is 3.16 bits per heavy atom. The first-order chi connectivity index (χ1) is 9.31. The Morgan fingerprint density at radius 1 is 1.47 bits per heavy atom. The van der Waals surface area contributed by atoms with Crippen molar-refractivity contribution in [1.29, 1.82) is 0 Å². The number of hydrogen-bond donors (Lipinski definition) is 1. The quantitative estimate of drug-likeness (QED) is 0.667. The third kappa shape index (κ3) is 3.74. The first-order valence-electron chi connectivity index (χ1n) is 6.72. The van der Waals surface area contributed by atoms with Crippen molar-refractivity contribution >= 4 is 17.3 Å². The molecule has 0 amide bonds. The number of carbonyl (C=O) groups excluding carboxylic acids is 1. The second-order valence-corrected chi connectivity index (χ2v) is 4.40. The van der Waals surface area contributed by atoms with Gasteiger partial charge < -0.3 is 15.0 Å². The summed E-state index contributed by atoms with van der Waals surface area (Å²) < 4.78 is 4.87. The van der Waals surface area contributed by atoms with Gasteiger partial charge in [-0.05, 0) is 25.5 Å². The molecule has 0 radical (unpaired) electrons. The zero-order valence-corrected chi connectivity index (χ0v) is 11.3. The fourth-order valence-electron chi connectivity index (χ4n) is 2.17. The van der Waals surface area contributed by atoms with Crippen LogP contribution < -0.4 is 10.2 Å². The highest BCUT2D eigenvalue weighted by Crippen LogP contribution is 2.27. The van der Waals surface area contributed by atoms with E-state index in [1.165, 1.54) is 11.8 Å². The van der Waals surface area contributed by atoms with Crippen molar-refractivity contribution in [2.24, 2.45) is 0 Å². The van der Waals surface area contributed by atoms with Crippen LogP contribution in [0.1, 0.15) is 13.3 Å². The van der Waals surface area contributed by atoms with Crippen molar-refractivity contribution in [3.05, 3.63) is 36.4 Å². The molecule has 1 heterocycles. The molecule has 0 unspecified atom stereocenters. The molecule has 1 aliphatic heterocycles. The largest absolute Gasteiger partial charge is 0.463 e. The van der Waals surface area contributed by atoms with Crippen LogP contribution in [-0.2, 0) is 9.53 Å². The molecule has 19 heavy (non-hydrogen) atoms. The van der Waals surface area contributed by atoms with Gasteiger partial charge in [-0.25, -0.2) is 4.79 Å². The molecule has 0 spiro atoms. The maximum Gasteiger partial charge on any atom is 0.330 e. The van der Waals surface area contributed by atoms with E-state index in [2.05, 4.69) is 22.3 Å². The number of rotatable bonds is 4. The van der Waals surface area contributed by atoms with Gasteiger partial charge in [0, 0.05) is 25.7 Å². The molecule has 1 N–H and O–H groups in total. The van der Waals surface area contributed by atoms with Crippen LogP contribution >= 0.6 is 0 Å². The number of benzene rings is 1. The second-order valence-electron chi connectivity index (χ2n) is 4.40. The number of para-hydroxylation sites is 2. The standard InChI is InChI=1S/C15H20N2O2/c1-2-19-15(18)9-5-11-17-12-6-10-16-13-7-3-4-8-14(13)17/h3-5,7-9,16H,2,6,10-12H2,1H3/b9-5+. The van der Waals surface area contributed by atoms with E-state index < -0.39 is 0 Å². The van der Waals surface area contributed by atoms with Crippen LogP contribution in [-0.4, -0.2) is 32.2 Å². The molecule has 4 nitrogen and oxygen atoms in total. The number of hydrogen-bond acceptors (Lipinski definition) is 4. The van der Waals surface area contributed by atoms with E-state index in [4.69, 9.17) is 4.74 Å². The van der Waals surface area contributed by atoms with Crippen LogP contribution in [0, 0.1) is 0 Å². The van der Waals surface area contributed by atoms with Crippen molar-refractivity contribution in [2.75, 3.05) is 36.5 Å². The molecule has 1 aromatic carbocycles. The lowest BCUT2D eigenvalue weighted by Gasteiger charge is -2.22. The minimum atomic E-state index is -0.274. The maximum atomic E-state index is 11.3. The van der Waals surface area contributed by atoms with Gasteiger partial charge in [0.15, 0.2) is 0 Å². The van der Waals surface area contributed by atoms with Crippen LogP contribution in [0.15, 0.2) is 36.4 Å². The first-order valence-corrected chi connectivity index (χ1v) is 6.72. The Morgan fingerprint density at radius 2 is 2.32 bits per heavy atom. The monoisotopic (exact) mass is 260 g/mol. The van der Waals surface area contributed by atoms with Gasteiger partial charge in [0.1, 0.15) is 0 Å². The predicted molar refractivity (Wildman–Crippen MR) is 77.5 cm³/mol. The first kappa shape index (κ1) is 13.5. The summed E-state index contributed by atoms with van der Waals surface area (Å²) in [5, 5.41) is 3.42. The minimum absolute atomic E-state index is 0.274. The van der Waals surface area contributed by atoms with Gasteiger partial charge in [-0.3, -0.25) is 0 Å². The Balaban J connectivity index is 2.02. The Hall–Kier alpha value is -1.97. The molecule has 0 saturated heterocycles. The predicted octanol–water partition coefficient (Wildman–Crippen LogP) is 2.43. The summed E-state index contributed by atoms with van der Waals surface area (Å²) in [6, 6.07) is 8.26. The lowest BCUT2D eigenvalue weighted by atomic mass is 10.2. The van der Waals surface area contributed by atoms with Gasteiger partial charge in [-0.2, -0.15) is 0 Å². The van der Waals surface area contributed by atoms with Gasteiger partial charge in [0.25, 0.3) is 0 Å². The van der Waals surface area contributed by atoms with Gasteiger partial charge in [0.05, 0.1) is 18.0 Å². The average molecular weight is 260 g/mol. The summed E-state index contributed by atoms with van der Waals surface area (Å²) in [4.78, 5) is 13.5. The third-order valence-corrected chi connectivity index (χ3v) is 3.03. The van der Waals surface area contributed by atoms with Gasteiger partial charge in [0.2, 0.25) is 0 Å². The third-order valence-electron chi connectivity index (χ3n) is 3.03. The highest BCUT2D eigenvalue weighted by molar-refractivity contribution is 5.82. The lowest BCUT2D eigenvalue weighted by Crippen LogP contribution is -2.24. The fraction of sp³-hybridized carbons (Fsp3) is 0.400. The summed E-state index contributed by atoms with van der Waals surface area (Å²) in [5.74, 6) is -0.274. The van der Waals surface area contributed by atoms with Crippen LogP contribution in [0.5, 0.6) is 0 Å². The summed E-state index contributed by atoms with van der Waals surface area (Å²) >= 11 is 0. The van der Waals surface area contributed by atoms with E-state index in [0.29, 0.717) is 6.61 Å². The van der Waals surface area contributed by atoms with E-state index in [9.17, 15) is 4.79 Å². The summed E-state index contributed by atoms with van der Waals surface area (Å²) in [5.41, 5.74) is 2.35. The Labute approximate surface area is 114 Å². The number of anilines is 2. The van der Waals surface area contributed by atoms with E-state index in [-0.39, 0.29) is 5.97 Å². The van der Waals surface area contributed by atoms with Crippen LogP contribution in [0.2, 0.25) is 0 Å². The molecular weight excluding hydrogens is 240 g/mol. The molecule has 102 valence electrons. The topological polar surface area (TPSA) is 41.6 Å². The molecule has 0 saturated carbocycles. The number of esters is 1. The molecule has 0 aliphatic carbocycles. The highest BCUT2D eigenvalue weighted by atomic mass is 16.5. The zero-order valence-electron chi connectivity index (χ0n) is 11.3. The molecule has 4 heteroatoms. The molecule has 0 bridgehead atoms. The van der Waals surface area contributed by atoms with E-state index in [1.54, 1.807) is 0 Å².